The molecule has 2 aromatic heterocycles. The molecule has 1 aliphatic rings. The van der Waals surface area contributed by atoms with E-state index in [1.165, 1.54) is 11.3 Å². The summed E-state index contributed by atoms with van der Waals surface area (Å²) in [4.78, 5) is 19.0. The average Bonchev–Trinajstić information content (AvgIpc) is 3.36. The number of ether oxygens (including phenoxy) is 3. The minimum Gasteiger partial charge on any atom is -0.497 e. The van der Waals surface area contributed by atoms with Gasteiger partial charge in [0.1, 0.15) is 15.5 Å². The van der Waals surface area contributed by atoms with Crippen molar-refractivity contribution in [1.29, 1.82) is 0 Å². The van der Waals surface area contributed by atoms with Gasteiger partial charge >= 0.3 is 0 Å². The highest BCUT2D eigenvalue weighted by Crippen LogP contribution is 2.38. The Morgan fingerprint density at radius 2 is 1.97 bits per heavy atom. The van der Waals surface area contributed by atoms with Gasteiger partial charge in [-0.2, -0.15) is 0 Å². The molecule has 0 bridgehead atoms. The first-order chi connectivity index (χ1) is 14.1. The highest BCUT2D eigenvalue weighted by atomic mass is 32.1. The molecule has 144 valence electrons. The summed E-state index contributed by atoms with van der Waals surface area (Å²) in [6.07, 6.45) is 0. The van der Waals surface area contributed by atoms with Crippen LogP contribution in [0, 0.1) is 0 Å². The molecule has 0 fully saturated rings. The van der Waals surface area contributed by atoms with Gasteiger partial charge in [-0.3, -0.25) is 4.79 Å². The second-order valence-electron chi connectivity index (χ2n) is 6.52. The number of ketones is 1. The van der Waals surface area contributed by atoms with Gasteiger partial charge in [0.05, 0.1) is 18.5 Å². The SMILES string of the molecule is COc1cccc(-c2ccc3c(N)c(C(=O)c4ccc5c(c4)OCO5)sc3n2)c1. The first-order valence-corrected chi connectivity index (χ1v) is 9.73. The van der Waals surface area contributed by atoms with Gasteiger partial charge in [0.25, 0.3) is 0 Å². The van der Waals surface area contributed by atoms with E-state index in [-0.39, 0.29) is 12.6 Å². The summed E-state index contributed by atoms with van der Waals surface area (Å²) in [5.41, 5.74) is 8.96. The number of carbonyl (C=O) groups excluding carboxylic acids is 1. The van der Waals surface area contributed by atoms with Gasteiger partial charge in [-0.25, -0.2) is 4.98 Å². The molecule has 0 aliphatic carbocycles. The maximum atomic E-state index is 13.1. The summed E-state index contributed by atoms with van der Waals surface area (Å²) >= 11 is 1.29. The van der Waals surface area contributed by atoms with Crippen LogP contribution in [0.5, 0.6) is 17.2 Å². The highest BCUT2D eigenvalue weighted by molar-refractivity contribution is 7.21. The molecule has 29 heavy (non-hydrogen) atoms. The number of hydrogen-bond acceptors (Lipinski definition) is 7. The van der Waals surface area contributed by atoms with Crippen LogP contribution in [-0.2, 0) is 0 Å². The topological polar surface area (TPSA) is 83.7 Å². The van der Waals surface area contributed by atoms with Gasteiger partial charge in [-0.1, -0.05) is 12.1 Å². The maximum Gasteiger partial charge on any atom is 0.231 e. The molecule has 0 amide bonds. The molecular formula is C22H16N2O4S. The van der Waals surface area contributed by atoms with Crippen molar-refractivity contribution in [3.8, 4) is 28.5 Å². The van der Waals surface area contributed by atoms with Crippen LogP contribution in [0.3, 0.4) is 0 Å². The van der Waals surface area contributed by atoms with Crippen molar-refractivity contribution in [3.05, 3.63) is 65.0 Å². The number of nitrogens with two attached hydrogens (primary N) is 1. The number of aromatic nitrogens is 1. The summed E-state index contributed by atoms with van der Waals surface area (Å²) in [5.74, 6) is 1.80. The van der Waals surface area contributed by atoms with Gasteiger partial charge in [0.15, 0.2) is 11.5 Å². The van der Waals surface area contributed by atoms with Crippen LogP contribution in [-0.4, -0.2) is 24.7 Å². The second kappa shape index (κ2) is 6.79. The summed E-state index contributed by atoms with van der Waals surface area (Å²) in [7, 11) is 1.63. The van der Waals surface area contributed by atoms with Crippen LogP contribution in [0.2, 0.25) is 0 Å². The number of anilines is 1. The van der Waals surface area contributed by atoms with E-state index in [0.717, 1.165) is 22.4 Å². The Balaban J connectivity index is 1.55. The molecule has 5 rings (SSSR count). The molecule has 0 unspecified atom stereocenters. The number of nitrogens with zero attached hydrogens (tertiary/aromatic N) is 1. The van der Waals surface area contributed by atoms with Crippen molar-refractivity contribution in [3.63, 3.8) is 0 Å². The lowest BCUT2D eigenvalue weighted by atomic mass is 10.1. The summed E-state index contributed by atoms with van der Waals surface area (Å²) in [5, 5.41) is 0.769. The number of nitrogen functional groups attached to an aromatic ring is 1. The molecule has 0 saturated heterocycles. The van der Waals surface area contributed by atoms with E-state index < -0.39 is 0 Å². The minimum absolute atomic E-state index is 0.160. The third-order valence-electron chi connectivity index (χ3n) is 4.80. The molecule has 0 atom stereocenters. The molecule has 3 heterocycles. The van der Waals surface area contributed by atoms with Crippen LogP contribution in [0.15, 0.2) is 54.6 Å². The number of pyridine rings is 1. The van der Waals surface area contributed by atoms with Crippen LogP contribution in [0.1, 0.15) is 15.2 Å². The summed E-state index contributed by atoms with van der Waals surface area (Å²) < 4.78 is 16.0. The van der Waals surface area contributed by atoms with E-state index >= 15 is 0 Å². The van der Waals surface area contributed by atoms with Crippen molar-refractivity contribution in [2.45, 2.75) is 0 Å². The fourth-order valence-corrected chi connectivity index (χ4v) is 4.33. The van der Waals surface area contributed by atoms with Crippen LogP contribution < -0.4 is 19.9 Å². The van der Waals surface area contributed by atoms with Crippen molar-refractivity contribution >= 4 is 33.0 Å². The Morgan fingerprint density at radius 3 is 2.83 bits per heavy atom. The number of rotatable bonds is 4. The molecule has 0 radical (unpaired) electrons. The van der Waals surface area contributed by atoms with Gasteiger partial charge < -0.3 is 19.9 Å². The van der Waals surface area contributed by atoms with Crippen molar-refractivity contribution in [2.24, 2.45) is 0 Å². The second-order valence-corrected chi connectivity index (χ2v) is 7.52. The number of carbonyl (C=O) groups is 1. The highest BCUT2D eigenvalue weighted by Gasteiger charge is 2.22. The predicted molar refractivity (Wildman–Crippen MR) is 112 cm³/mol. The number of benzene rings is 2. The number of methoxy groups -OCH3 is 1. The predicted octanol–water partition coefficient (Wildman–Crippen LogP) is 4.51. The lowest BCUT2D eigenvalue weighted by Gasteiger charge is -2.04. The lowest BCUT2D eigenvalue weighted by Crippen LogP contribution is -2.02. The summed E-state index contributed by atoms with van der Waals surface area (Å²) in [6, 6.07) is 16.6. The largest absolute Gasteiger partial charge is 0.497 e. The summed E-state index contributed by atoms with van der Waals surface area (Å²) in [6.45, 7) is 0.162. The Kier molecular flexibility index (Phi) is 4.10. The number of fused-ring (bicyclic) bond motifs is 2. The van der Waals surface area contributed by atoms with Gasteiger partial charge in [0.2, 0.25) is 12.6 Å². The zero-order chi connectivity index (χ0) is 20.0. The Hall–Kier alpha value is -3.58. The molecule has 0 saturated carbocycles. The van der Waals surface area contributed by atoms with Crippen molar-refractivity contribution < 1.29 is 19.0 Å². The molecule has 1 aliphatic heterocycles. The minimum atomic E-state index is -0.160. The zero-order valence-electron chi connectivity index (χ0n) is 15.5. The normalized spacial score (nSPS) is 12.3. The first-order valence-electron chi connectivity index (χ1n) is 8.92. The van der Waals surface area contributed by atoms with E-state index in [1.54, 1.807) is 25.3 Å². The third-order valence-corrected chi connectivity index (χ3v) is 5.91. The zero-order valence-corrected chi connectivity index (χ0v) is 16.3. The molecule has 4 aromatic rings. The number of thiophene rings is 1. The average molecular weight is 404 g/mol. The maximum absolute atomic E-state index is 13.1. The van der Waals surface area contributed by atoms with Crippen LogP contribution >= 0.6 is 11.3 Å². The fourth-order valence-electron chi connectivity index (χ4n) is 3.28. The Morgan fingerprint density at radius 1 is 1.10 bits per heavy atom. The molecule has 0 spiro atoms. The molecule has 2 N–H and O–H groups in total. The van der Waals surface area contributed by atoms with E-state index in [2.05, 4.69) is 0 Å². The van der Waals surface area contributed by atoms with Crippen LogP contribution in [0.4, 0.5) is 5.69 Å². The third kappa shape index (κ3) is 2.96. The quantitative estimate of drug-likeness (QED) is 0.504. The van der Waals surface area contributed by atoms with E-state index in [9.17, 15) is 4.79 Å². The Labute approximate surface area is 170 Å². The van der Waals surface area contributed by atoms with Crippen molar-refractivity contribution in [1.82, 2.24) is 4.98 Å². The molecule has 6 nitrogen and oxygen atoms in total. The molecule has 2 aromatic carbocycles. The fraction of sp³-hybridized carbons (Fsp3) is 0.0909. The van der Waals surface area contributed by atoms with E-state index in [1.807, 2.05) is 36.4 Å². The van der Waals surface area contributed by atoms with E-state index in [4.69, 9.17) is 24.9 Å². The van der Waals surface area contributed by atoms with Gasteiger partial charge in [-0.05, 0) is 42.5 Å². The van der Waals surface area contributed by atoms with Crippen LogP contribution in [0.25, 0.3) is 21.5 Å². The van der Waals surface area contributed by atoms with Gasteiger partial charge in [-0.15, -0.1) is 11.3 Å². The smallest absolute Gasteiger partial charge is 0.231 e. The monoisotopic (exact) mass is 404 g/mol. The molecule has 7 heteroatoms. The Bertz CT molecular complexity index is 1270. The molecular weight excluding hydrogens is 388 g/mol. The standard InChI is InChI=1S/C22H16N2O4S/c1-26-14-4-2-3-12(9-14)16-7-6-15-19(23)21(29-22(15)24-16)20(25)13-5-8-17-18(10-13)28-11-27-17/h2-10H,11,23H2,1H3. The van der Waals surface area contributed by atoms with Crippen molar-refractivity contribution in [2.75, 3.05) is 19.6 Å². The van der Waals surface area contributed by atoms with Gasteiger partial charge in [0, 0.05) is 16.5 Å². The number of hydrogen-bond donors (Lipinski definition) is 1. The lowest BCUT2D eigenvalue weighted by molar-refractivity contribution is 0.104. The first kappa shape index (κ1) is 17.5. The van der Waals surface area contributed by atoms with E-state index in [0.29, 0.717) is 32.5 Å².